The Balaban J connectivity index is 0.00000136. The molecule has 1 aromatic carbocycles. The van der Waals surface area contributed by atoms with Crippen molar-refractivity contribution < 1.29 is 25.8 Å². The van der Waals surface area contributed by atoms with Gasteiger partial charge in [-0.15, -0.1) is 0 Å². The lowest BCUT2D eigenvalue weighted by Gasteiger charge is -2.36. The molecule has 0 saturated carbocycles. The van der Waals surface area contributed by atoms with E-state index in [0.717, 1.165) is 4.47 Å². The van der Waals surface area contributed by atoms with E-state index in [1.807, 2.05) is 20.9 Å². The lowest BCUT2D eigenvalue weighted by Crippen LogP contribution is -2.53. The van der Waals surface area contributed by atoms with E-state index in [9.17, 15) is 21.6 Å². The molecule has 158 valence electrons. The summed E-state index contributed by atoms with van der Waals surface area (Å²) >= 11 is 3.28. The summed E-state index contributed by atoms with van der Waals surface area (Å²) < 4.78 is 66.6. The highest BCUT2D eigenvalue weighted by molar-refractivity contribution is 9.10. The van der Waals surface area contributed by atoms with E-state index in [-0.39, 0.29) is 5.71 Å². The van der Waals surface area contributed by atoms with Crippen molar-refractivity contribution in [3.63, 3.8) is 0 Å². The Hall–Kier alpha value is -1.01. The van der Waals surface area contributed by atoms with Gasteiger partial charge in [0.25, 0.3) is 0 Å². The number of aliphatic imine (C=N–C) groups is 1. The Labute approximate surface area is 171 Å². The van der Waals surface area contributed by atoms with E-state index in [0.29, 0.717) is 31.5 Å². The number of nitrogens with one attached hydrogen (secondary N) is 1. The van der Waals surface area contributed by atoms with Crippen LogP contribution in [0.1, 0.15) is 32.3 Å². The number of alkyl halides is 3. The van der Waals surface area contributed by atoms with Gasteiger partial charge in [0.1, 0.15) is 5.66 Å². The molecule has 2 aliphatic heterocycles. The van der Waals surface area contributed by atoms with Crippen molar-refractivity contribution in [1.82, 2.24) is 10.2 Å². The van der Waals surface area contributed by atoms with Gasteiger partial charge in [0, 0.05) is 17.6 Å². The average molecular weight is 486 g/mol. The number of likely N-dealkylation sites (tertiary alicyclic amines) is 1. The fraction of sp³-hybridized carbons (Fsp3) is 0.588. The molecule has 0 aromatic heterocycles. The molecule has 1 fully saturated rings. The van der Waals surface area contributed by atoms with Gasteiger partial charge in [0.05, 0.1) is 5.71 Å². The van der Waals surface area contributed by atoms with Gasteiger partial charge in [-0.3, -0.25) is 10.3 Å². The van der Waals surface area contributed by atoms with E-state index < -0.39 is 27.5 Å². The maximum atomic E-state index is 12.8. The number of hydrogen-bond acceptors (Lipinski definition) is 6. The first-order valence-electron chi connectivity index (χ1n) is 8.83. The Morgan fingerprint density at radius 1 is 1.21 bits per heavy atom. The molecule has 0 radical (unpaired) electrons. The molecule has 28 heavy (non-hydrogen) atoms. The molecule has 1 N–H and O–H groups in total. The van der Waals surface area contributed by atoms with Gasteiger partial charge in [-0.25, -0.2) is 4.18 Å². The molecular weight excluding hydrogens is 463 g/mol. The third kappa shape index (κ3) is 5.12. The summed E-state index contributed by atoms with van der Waals surface area (Å²) in [5, 5.41) is 2.87. The summed E-state index contributed by atoms with van der Waals surface area (Å²) in [5.74, 6) is 0. The Bertz CT molecular complexity index is 805. The van der Waals surface area contributed by atoms with E-state index in [4.69, 9.17) is 0 Å². The SMILES string of the molecule is CC.CN1CCC2(CC1)N=C(c1ccc(Br)cc1)C(OS(=O)(=O)C(F)(F)F)N2. The van der Waals surface area contributed by atoms with E-state index in [1.54, 1.807) is 24.3 Å². The molecule has 1 saturated heterocycles. The van der Waals surface area contributed by atoms with Crippen LogP contribution < -0.4 is 5.32 Å². The summed E-state index contributed by atoms with van der Waals surface area (Å²) in [4.78, 5) is 6.64. The summed E-state index contributed by atoms with van der Waals surface area (Å²) in [6.45, 7) is 5.37. The number of piperidine rings is 1. The van der Waals surface area contributed by atoms with Crippen molar-refractivity contribution in [2.75, 3.05) is 20.1 Å². The van der Waals surface area contributed by atoms with Crippen LogP contribution in [0.15, 0.2) is 33.7 Å². The summed E-state index contributed by atoms with van der Waals surface area (Å²) in [7, 11) is -3.83. The molecule has 0 bridgehead atoms. The number of halogens is 4. The van der Waals surface area contributed by atoms with Crippen LogP contribution in [0.25, 0.3) is 0 Å². The third-order valence-corrected chi connectivity index (χ3v) is 5.98. The van der Waals surface area contributed by atoms with Crippen molar-refractivity contribution in [2.24, 2.45) is 4.99 Å². The molecule has 11 heteroatoms. The normalized spacial score (nSPS) is 22.5. The Morgan fingerprint density at radius 2 is 1.75 bits per heavy atom. The predicted octanol–water partition coefficient (Wildman–Crippen LogP) is 3.48. The van der Waals surface area contributed by atoms with Crippen molar-refractivity contribution in [1.29, 1.82) is 0 Å². The smallest absolute Gasteiger partial charge is 0.306 e. The monoisotopic (exact) mass is 485 g/mol. The molecular formula is C17H23BrF3N3O3S. The Kier molecular flexibility index (Phi) is 7.30. The van der Waals surface area contributed by atoms with Crippen LogP contribution in [-0.4, -0.2) is 56.6 Å². The molecule has 1 atom stereocenters. The maximum absolute atomic E-state index is 12.8. The summed E-state index contributed by atoms with van der Waals surface area (Å²) in [5.41, 5.74) is -5.68. The van der Waals surface area contributed by atoms with E-state index >= 15 is 0 Å². The quantitative estimate of drug-likeness (QED) is 0.524. The van der Waals surface area contributed by atoms with Gasteiger partial charge in [-0.05, 0) is 37.6 Å². The van der Waals surface area contributed by atoms with Gasteiger partial charge in [0.15, 0.2) is 6.23 Å². The standard InChI is InChI=1S/C15H17BrF3N3O3S.C2H6/c1-22-8-6-14(7-9-22)20-12(10-2-4-11(16)5-3-10)13(21-14)25-26(23,24)15(17,18)19;1-2/h2-5,13,21H,6-9H2,1H3;1-2H3. The van der Waals surface area contributed by atoms with Crippen molar-refractivity contribution >= 4 is 31.8 Å². The predicted molar refractivity (Wildman–Crippen MR) is 104 cm³/mol. The molecule has 3 rings (SSSR count). The van der Waals surface area contributed by atoms with Crippen LogP contribution in [0.4, 0.5) is 13.2 Å². The van der Waals surface area contributed by atoms with Crippen molar-refractivity contribution in [2.45, 2.75) is 44.1 Å². The van der Waals surface area contributed by atoms with E-state index in [1.165, 1.54) is 0 Å². The number of nitrogens with zero attached hydrogens (tertiary/aromatic N) is 2. The summed E-state index contributed by atoms with van der Waals surface area (Å²) in [6.07, 6.45) is -0.420. The van der Waals surface area contributed by atoms with Crippen LogP contribution >= 0.6 is 15.9 Å². The molecule has 2 heterocycles. The van der Waals surface area contributed by atoms with Crippen molar-refractivity contribution in [3.8, 4) is 0 Å². The molecule has 1 unspecified atom stereocenters. The minimum atomic E-state index is -5.76. The first-order chi connectivity index (χ1) is 13.0. The third-order valence-electron chi connectivity index (χ3n) is 4.44. The first-order valence-corrected chi connectivity index (χ1v) is 11.0. The number of benzene rings is 1. The zero-order chi connectivity index (χ0) is 21.2. The zero-order valence-corrected chi connectivity index (χ0v) is 18.2. The second kappa shape index (κ2) is 8.78. The molecule has 0 amide bonds. The fourth-order valence-electron chi connectivity index (χ4n) is 2.97. The highest BCUT2D eigenvalue weighted by Gasteiger charge is 2.52. The number of rotatable bonds is 3. The van der Waals surface area contributed by atoms with Crippen LogP contribution in [0.3, 0.4) is 0 Å². The van der Waals surface area contributed by atoms with Gasteiger partial charge >= 0.3 is 15.6 Å². The number of hydrogen-bond donors (Lipinski definition) is 1. The van der Waals surface area contributed by atoms with Gasteiger partial charge in [-0.2, -0.15) is 21.6 Å². The van der Waals surface area contributed by atoms with Crippen molar-refractivity contribution in [3.05, 3.63) is 34.3 Å². The molecule has 1 spiro atoms. The maximum Gasteiger partial charge on any atom is 0.523 e. The van der Waals surface area contributed by atoms with Crippen LogP contribution in [-0.2, 0) is 14.3 Å². The molecule has 6 nitrogen and oxygen atoms in total. The largest absolute Gasteiger partial charge is 0.523 e. The van der Waals surface area contributed by atoms with Gasteiger partial charge < -0.3 is 4.90 Å². The Morgan fingerprint density at radius 3 is 2.25 bits per heavy atom. The lowest BCUT2D eigenvalue weighted by atomic mass is 9.99. The fourth-order valence-corrected chi connectivity index (χ4v) is 3.73. The topological polar surface area (TPSA) is 71.0 Å². The second-order valence-corrected chi connectivity index (χ2v) is 8.84. The van der Waals surface area contributed by atoms with Crippen LogP contribution in [0.2, 0.25) is 0 Å². The minimum absolute atomic E-state index is 0.148. The van der Waals surface area contributed by atoms with Crippen LogP contribution in [0.5, 0.6) is 0 Å². The highest BCUT2D eigenvalue weighted by Crippen LogP contribution is 2.33. The molecule has 0 aliphatic carbocycles. The van der Waals surface area contributed by atoms with Crippen LogP contribution in [0, 0.1) is 0 Å². The van der Waals surface area contributed by atoms with E-state index in [2.05, 4.69) is 35.3 Å². The summed E-state index contributed by atoms with van der Waals surface area (Å²) in [6, 6.07) is 6.70. The zero-order valence-electron chi connectivity index (χ0n) is 15.8. The average Bonchev–Trinajstić information content (AvgIpc) is 2.97. The molecule has 1 aromatic rings. The van der Waals surface area contributed by atoms with Gasteiger partial charge in [-0.1, -0.05) is 41.9 Å². The van der Waals surface area contributed by atoms with Gasteiger partial charge in [0.2, 0.25) is 0 Å². The first kappa shape index (κ1) is 23.3. The second-order valence-electron chi connectivity index (χ2n) is 6.36. The molecule has 2 aliphatic rings. The minimum Gasteiger partial charge on any atom is -0.306 e. The highest BCUT2D eigenvalue weighted by atomic mass is 79.9. The lowest BCUT2D eigenvalue weighted by molar-refractivity contribution is -0.0567.